The zero-order chi connectivity index (χ0) is 14.0. The van der Waals surface area contributed by atoms with Gasteiger partial charge in [0.15, 0.2) is 0 Å². The van der Waals surface area contributed by atoms with E-state index in [4.69, 9.17) is 0 Å². The lowest BCUT2D eigenvalue weighted by molar-refractivity contribution is -0.127. The van der Waals surface area contributed by atoms with Gasteiger partial charge in [-0.3, -0.25) is 4.79 Å². The van der Waals surface area contributed by atoms with Crippen LogP contribution in [0, 0.1) is 11.7 Å². The molecule has 0 spiro atoms. The molecule has 2 nitrogen and oxygen atoms in total. The van der Waals surface area contributed by atoms with E-state index in [-0.39, 0.29) is 17.6 Å². The molecule has 0 atom stereocenters. The molecule has 1 aromatic rings. The van der Waals surface area contributed by atoms with E-state index in [1.54, 1.807) is 6.07 Å². The fraction of sp³-hybridized carbons (Fsp3) is 0.588. The van der Waals surface area contributed by atoms with Crippen molar-refractivity contribution in [2.45, 2.75) is 56.9 Å². The third-order valence-corrected chi connectivity index (χ3v) is 4.93. The van der Waals surface area contributed by atoms with E-state index >= 15 is 0 Å². The molecule has 2 aliphatic carbocycles. The van der Waals surface area contributed by atoms with Crippen molar-refractivity contribution in [2.75, 3.05) is 0 Å². The molecule has 0 unspecified atom stereocenters. The van der Waals surface area contributed by atoms with Gasteiger partial charge in [0.05, 0.1) is 5.54 Å². The predicted octanol–water partition coefficient (Wildman–Crippen LogP) is 3.90. The molecule has 2 saturated carbocycles. The number of benzene rings is 1. The number of carbonyl (C=O) groups is 1. The van der Waals surface area contributed by atoms with Crippen LogP contribution in [0.5, 0.6) is 0 Å². The Balaban J connectivity index is 1.85. The van der Waals surface area contributed by atoms with Gasteiger partial charge in [-0.25, -0.2) is 4.39 Å². The van der Waals surface area contributed by atoms with Crippen molar-refractivity contribution in [3.8, 4) is 0 Å². The van der Waals surface area contributed by atoms with Crippen molar-refractivity contribution < 1.29 is 9.18 Å². The van der Waals surface area contributed by atoms with Gasteiger partial charge in [-0.15, -0.1) is 0 Å². The molecule has 0 radical (unpaired) electrons. The molecule has 20 heavy (non-hydrogen) atoms. The highest BCUT2D eigenvalue weighted by Gasteiger charge is 2.40. The first kappa shape index (κ1) is 13.6. The molecule has 3 rings (SSSR count). The van der Waals surface area contributed by atoms with Crippen LogP contribution in [-0.2, 0) is 10.3 Å². The second-order valence-corrected chi connectivity index (χ2v) is 6.24. The highest BCUT2D eigenvalue weighted by Crippen LogP contribution is 2.40. The maximum absolute atomic E-state index is 14.2. The first-order chi connectivity index (χ1) is 9.71. The highest BCUT2D eigenvalue weighted by atomic mass is 19.1. The third kappa shape index (κ3) is 2.46. The quantitative estimate of drug-likeness (QED) is 0.890. The first-order valence-corrected chi connectivity index (χ1v) is 7.78. The van der Waals surface area contributed by atoms with E-state index in [9.17, 15) is 9.18 Å². The average molecular weight is 275 g/mol. The molecular weight excluding hydrogens is 253 g/mol. The zero-order valence-electron chi connectivity index (χ0n) is 11.8. The van der Waals surface area contributed by atoms with Crippen LogP contribution in [0.4, 0.5) is 4.39 Å². The molecule has 0 heterocycles. The Morgan fingerprint density at radius 3 is 2.40 bits per heavy atom. The average Bonchev–Trinajstić information content (AvgIpc) is 3.10. The third-order valence-electron chi connectivity index (χ3n) is 4.93. The van der Waals surface area contributed by atoms with Crippen molar-refractivity contribution in [1.82, 2.24) is 5.32 Å². The molecular formula is C17H22FNO. The van der Waals surface area contributed by atoms with Gasteiger partial charge in [0.2, 0.25) is 5.91 Å². The molecule has 108 valence electrons. The van der Waals surface area contributed by atoms with Crippen LogP contribution in [0.25, 0.3) is 0 Å². The highest BCUT2D eigenvalue weighted by molar-refractivity contribution is 5.80. The van der Waals surface area contributed by atoms with Gasteiger partial charge < -0.3 is 5.32 Å². The molecule has 3 heteroatoms. The minimum absolute atomic E-state index is 0.132. The van der Waals surface area contributed by atoms with Crippen LogP contribution in [0.15, 0.2) is 24.3 Å². The van der Waals surface area contributed by atoms with Crippen molar-refractivity contribution >= 4 is 5.91 Å². The zero-order valence-corrected chi connectivity index (χ0v) is 11.8. The number of hydrogen-bond acceptors (Lipinski definition) is 1. The van der Waals surface area contributed by atoms with E-state index in [0.29, 0.717) is 5.56 Å². The van der Waals surface area contributed by atoms with Crippen molar-refractivity contribution in [1.29, 1.82) is 0 Å². The molecule has 0 aromatic heterocycles. The Bertz CT molecular complexity index is 488. The summed E-state index contributed by atoms with van der Waals surface area (Å²) in [6.45, 7) is 0. The van der Waals surface area contributed by atoms with Crippen molar-refractivity contribution in [3.05, 3.63) is 35.6 Å². The van der Waals surface area contributed by atoms with Crippen LogP contribution in [0.2, 0.25) is 0 Å². The molecule has 0 aliphatic heterocycles. The first-order valence-electron chi connectivity index (χ1n) is 7.78. The molecule has 2 fully saturated rings. The lowest BCUT2D eigenvalue weighted by atomic mass is 9.87. The number of hydrogen-bond donors (Lipinski definition) is 1. The summed E-state index contributed by atoms with van der Waals surface area (Å²) in [6.07, 6.45) is 8.07. The summed E-state index contributed by atoms with van der Waals surface area (Å²) < 4.78 is 14.2. The molecule has 0 bridgehead atoms. The number of rotatable bonds is 3. The molecule has 2 aliphatic rings. The second-order valence-electron chi connectivity index (χ2n) is 6.24. The Hall–Kier alpha value is -1.38. The van der Waals surface area contributed by atoms with Gasteiger partial charge >= 0.3 is 0 Å². The summed E-state index contributed by atoms with van der Waals surface area (Å²) in [5.41, 5.74) is 0.203. The summed E-state index contributed by atoms with van der Waals surface area (Å²) in [5.74, 6) is 0.0769. The topological polar surface area (TPSA) is 29.1 Å². The summed E-state index contributed by atoms with van der Waals surface area (Å²) >= 11 is 0. The number of carbonyl (C=O) groups excluding carboxylic acids is 1. The van der Waals surface area contributed by atoms with Gasteiger partial charge in [0, 0.05) is 11.5 Å². The summed E-state index contributed by atoms with van der Waals surface area (Å²) in [5, 5.41) is 3.21. The van der Waals surface area contributed by atoms with Crippen molar-refractivity contribution in [3.63, 3.8) is 0 Å². The van der Waals surface area contributed by atoms with Crippen LogP contribution < -0.4 is 5.32 Å². The largest absolute Gasteiger partial charge is 0.346 e. The predicted molar refractivity (Wildman–Crippen MR) is 76.6 cm³/mol. The van der Waals surface area contributed by atoms with Crippen molar-refractivity contribution in [2.24, 2.45) is 5.92 Å². The summed E-state index contributed by atoms with van der Waals surface area (Å²) in [4.78, 5) is 12.5. The maximum Gasteiger partial charge on any atom is 0.223 e. The minimum Gasteiger partial charge on any atom is -0.346 e. The van der Waals surface area contributed by atoms with Gasteiger partial charge in [0.1, 0.15) is 5.82 Å². The Morgan fingerprint density at radius 1 is 1.10 bits per heavy atom. The Morgan fingerprint density at radius 2 is 1.75 bits per heavy atom. The van der Waals surface area contributed by atoms with Gasteiger partial charge in [-0.1, -0.05) is 43.9 Å². The summed E-state index contributed by atoms with van der Waals surface area (Å²) in [6, 6.07) is 6.90. The molecule has 1 N–H and O–H groups in total. The van der Waals surface area contributed by atoms with Crippen LogP contribution in [0.3, 0.4) is 0 Å². The van der Waals surface area contributed by atoms with Crippen LogP contribution in [-0.4, -0.2) is 5.91 Å². The van der Waals surface area contributed by atoms with E-state index in [0.717, 1.165) is 51.4 Å². The Kier molecular flexibility index (Phi) is 3.77. The fourth-order valence-electron chi connectivity index (χ4n) is 3.82. The molecule has 1 amide bonds. The summed E-state index contributed by atoms with van der Waals surface area (Å²) in [7, 11) is 0. The normalized spacial score (nSPS) is 22.1. The second kappa shape index (κ2) is 5.55. The Labute approximate surface area is 119 Å². The van der Waals surface area contributed by atoms with Gasteiger partial charge in [-0.05, 0) is 31.7 Å². The van der Waals surface area contributed by atoms with E-state index in [2.05, 4.69) is 5.32 Å². The lowest BCUT2D eigenvalue weighted by Crippen LogP contribution is -2.46. The smallest absolute Gasteiger partial charge is 0.223 e. The number of amides is 1. The molecule has 0 saturated heterocycles. The van der Waals surface area contributed by atoms with E-state index in [1.807, 2.05) is 12.1 Å². The lowest BCUT2D eigenvalue weighted by Gasteiger charge is -2.32. The number of halogens is 1. The molecule has 1 aromatic carbocycles. The standard InChI is InChI=1S/C17H22FNO/c18-15-10-4-3-9-14(15)17(11-5-6-12-17)19-16(20)13-7-1-2-8-13/h3-4,9-10,13H,1-2,5-8,11-12H2,(H,19,20). The van der Waals surface area contributed by atoms with E-state index in [1.165, 1.54) is 6.07 Å². The fourth-order valence-corrected chi connectivity index (χ4v) is 3.82. The van der Waals surface area contributed by atoms with Crippen LogP contribution >= 0.6 is 0 Å². The minimum atomic E-state index is -0.467. The maximum atomic E-state index is 14.2. The van der Waals surface area contributed by atoms with Crippen LogP contribution in [0.1, 0.15) is 56.9 Å². The van der Waals surface area contributed by atoms with Gasteiger partial charge in [-0.2, -0.15) is 0 Å². The SMILES string of the molecule is O=C(NC1(c2ccccc2F)CCCC1)C1CCCC1. The van der Waals surface area contributed by atoms with E-state index < -0.39 is 5.54 Å². The number of nitrogens with one attached hydrogen (secondary N) is 1. The monoisotopic (exact) mass is 275 g/mol. The van der Waals surface area contributed by atoms with Gasteiger partial charge in [0.25, 0.3) is 0 Å².